The van der Waals surface area contributed by atoms with E-state index in [-0.39, 0.29) is 30.4 Å². The number of para-hydroxylation sites is 1. The van der Waals surface area contributed by atoms with Crippen LogP contribution in [0.15, 0.2) is 63.8 Å². The number of nitrogens with one attached hydrogen (secondary N) is 2. The maximum Gasteiger partial charge on any atom is 0.349 e. The van der Waals surface area contributed by atoms with E-state index in [2.05, 4.69) is 15.7 Å². The number of nitrogens with zero attached hydrogens (tertiary/aromatic N) is 2. The normalized spacial score (nSPS) is 12.5. The summed E-state index contributed by atoms with van der Waals surface area (Å²) >= 11 is 1.65. The number of halogens is 1. The van der Waals surface area contributed by atoms with Gasteiger partial charge in [0, 0.05) is 29.0 Å². The Balaban J connectivity index is 1.35. The molecule has 4 aromatic rings. The molecule has 2 amide bonds. The van der Waals surface area contributed by atoms with Crippen LogP contribution in [0.3, 0.4) is 0 Å². The van der Waals surface area contributed by atoms with Gasteiger partial charge in [-0.3, -0.25) is 9.59 Å². The fourth-order valence-electron chi connectivity index (χ4n) is 3.71. The molecular weight excluding hydrogens is 459 g/mol. The maximum absolute atomic E-state index is 13.1. The van der Waals surface area contributed by atoms with E-state index in [0.29, 0.717) is 28.3 Å². The van der Waals surface area contributed by atoms with Gasteiger partial charge >= 0.3 is 5.63 Å². The summed E-state index contributed by atoms with van der Waals surface area (Å²) in [5.41, 5.74) is 1.89. The minimum absolute atomic E-state index is 0.124. The van der Waals surface area contributed by atoms with Gasteiger partial charge in [-0.05, 0) is 29.8 Å². The highest BCUT2D eigenvalue weighted by Crippen LogP contribution is 2.34. The van der Waals surface area contributed by atoms with E-state index in [0.717, 1.165) is 16.8 Å². The first kappa shape index (κ1) is 21.9. The van der Waals surface area contributed by atoms with Crippen molar-refractivity contribution < 1.29 is 18.4 Å². The monoisotopic (exact) mass is 478 g/mol. The second-order valence-electron chi connectivity index (χ2n) is 7.77. The van der Waals surface area contributed by atoms with Gasteiger partial charge in [-0.25, -0.2) is 13.9 Å². The molecule has 1 aliphatic heterocycles. The molecule has 0 bridgehead atoms. The van der Waals surface area contributed by atoms with Gasteiger partial charge in [-0.2, -0.15) is 16.9 Å². The Morgan fingerprint density at radius 3 is 2.74 bits per heavy atom. The topological polar surface area (TPSA) is 106 Å². The molecule has 0 saturated carbocycles. The first-order valence-corrected chi connectivity index (χ1v) is 11.6. The van der Waals surface area contributed by atoms with Crippen LogP contribution in [-0.2, 0) is 29.4 Å². The third-order valence-electron chi connectivity index (χ3n) is 5.43. The van der Waals surface area contributed by atoms with Gasteiger partial charge in [-0.15, -0.1) is 0 Å². The van der Waals surface area contributed by atoms with Crippen molar-refractivity contribution in [1.29, 1.82) is 0 Å². The van der Waals surface area contributed by atoms with Crippen molar-refractivity contribution in [3.63, 3.8) is 0 Å². The molecule has 0 aliphatic carbocycles. The summed E-state index contributed by atoms with van der Waals surface area (Å²) in [5.74, 6) is 0.384. The Labute approximate surface area is 197 Å². The van der Waals surface area contributed by atoms with Crippen LogP contribution in [-0.4, -0.2) is 21.6 Å². The van der Waals surface area contributed by atoms with Crippen molar-refractivity contribution in [3.8, 4) is 0 Å². The zero-order chi connectivity index (χ0) is 23.7. The molecule has 1 aliphatic rings. The van der Waals surface area contributed by atoms with Crippen molar-refractivity contribution >= 4 is 40.4 Å². The molecule has 2 aromatic carbocycles. The number of hydrogen-bond acceptors (Lipinski definition) is 6. The Hall–Kier alpha value is -3.92. The summed E-state index contributed by atoms with van der Waals surface area (Å²) in [4.78, 5) is 38.0. The van der Waals surface area contributed by atoms with Crippen LogP contribution in [0.25, 0.3) is 11.0 Å². The molecule has 0 atom stereocenters. The lowest BCUT2D eigenvalue weighted by Gasteiger charge is -2.11. The second kappa shape index (κ2) is 9.14. The van der Waals surface area contributed by atoms with E-state index in [1.165, 1.54) is 22.9 Å². The SMILES string of the molecule is O=C(Cn1nc2c(c1NC(=O)c1cc3ccccc3oc1=O)CSC2)NCc1ccc(F)cc1. The highest BCUT2D eigenvalue weighted by molar-refractivity contribution is 7.98. The molecule has 0 spiro atoms. The minimum Gasteiger partial charge on any atom is -0.422 e. The molecular formula is C24H19FN4O4S. The van der Waals surface area contributed by atoms with Gasteiger partial charge in [0.15, 0.2) is 0 Å². The van der Waals surface area contributed by atoms with Crippen LogP contribution in [0.2, 0.25) is 0 Å². The van der Waals surface area contributed by atoms with Gasteiger partial charge in [0.05, 0.1) is 5.69 Å². The van der Waals surface area contributed by atoms with Gasteiger partial charge in [0.2, 0.25) is 5.91 Å². The molecule has 3 heterocycles. The van der Waals surface area contributed by atoms with Crippen LogP contribution in [0.4, 0.5) is 10.2 Å². The average Bonchev–Trinajstić information content (AvgIpc) is 3.40. The Morgan fingerprint density at radius 2 is 1.91 bits per heavy atom. The summed E-state index contributed by atoms with van der Waals surface area (Å²) in [6.07, 6.45) is 0. The molecule has 2 aromatic heterocycles. The van der Waals surface area contributed by atoms with E-state index in [9.17, 15) is 18.8 Å². The van der Waals surface area contributed by atoms with Gasteiger partial charge in [0.25, 0.3) is 5.91 Å². The quantitative estimate of drug-likeness (QED) is 0.411. The molecule has 8 nitrogen and oxygen atoms in total. The predicted octanol–water partition coefficient (Wildman–Crippen LogP) is 3.44. The Bertz CT molecular complexity index is 1460. The molecule has 0 unspecified atom stereocenters. The molecule has 0 radical (unpaired) electrons. The number of fused-ring (bicyclic) bond motifs is 2. The van der Waals surface area contributed by atoms with Crippen molar-refractivity contribution in [1.82, 2.24) is 15.1 Å². The van der Waals surface area contributed by atoms with Crippen LogP contribution in [0.1, 0.15) is 27.2 Å². The predicted molar refractivity (Wildman–Crippen MR) is 126 cm³/mol. The molecule has 0 saturated heterocycles. The average molecular weight is 479 g/mol. The Kier molecular flexibility index (Phi) is 5.89. The number of benzene rings is 2. The van der Waals surface area contributed by atoms with Gasteiger partial charge in [0.1, 0.15) is 29.3 Å². The number of aromatic nitrogens is 2. The summed E-state index contributed by atoms with van der Waals surface area (Å²) in [6, 6.07) is 14.3. The van der Waals surface area contributed by atoms with Crippen molar-refractivity contribution in [3.05, 3.63) is 93.2 Å². The molecule has 172 valence electrons. The summed E-state index contributed by atoms with van der Waals surface area (Å²) < 4.78 is 19.8. The molecule has 5 rings (SSSR count). The summed E-state index contributed by atoms with van der Waals surface area (Å²) in [7, 11) is 0. The smallest absolute Gasteiger partial charge is 0.349 e. The zero-order valence-corrected chi connectivity index (χ0v) is 18.7. The van der Waals surface area contributed by atoms with Crippen LogP contribution in [0.5, 0.6) is 0 Å². The highest BCUT2D eigenvalue weighted by Gasteiger charge is 2.26. The third kappa shape index (κ3) is 4.44. The fraction of sp³-hybridized carbons (Fsp3) is 0.167. The number of anilines is 1. The number of carbonyl (C=O) groups excluding carboxylic acids is 2. The van der Waals surface area contributed by atoms with E-state index < -0.39 is 11.5 Å². The fourth-order valence-corrected chi connectivity index (χ4v) is 4.75. The lowest BCUT2D eigenvalue weighted by Crippen LogP contribution is -2.29. The van der Waals surface area contributed by atoms with Crippen LogP contribution in [0, 0.1) is 5.82 Å². The van der Waals surface area contributed by atoms with Crippen molar-refractivity contribution in [2.75, 3.05) is 5.32 Å². The third-order valence-corrected chi connectivity index (χ3v) is 6.40. The zero-order valence-electron chi connectivity index (χ0n) is 17.8. The van der Waals surface area contributed by atoms with E-state index >= 15 is 0 Å². The largest absolute Gasteiger partial charge is 0.422 e. The molecule has 2 N–H and O–H groups in total. The first-order valence-electron chi connectivity index (χ1n) is 10.5. The molecule has 34 heavy (non-hydrogen) atoms. The number of thioether (sulfide) groups is 1. The molecule has 0 fully saturated rings. The van der Waals surface area contributed by atoms with Crippen LogP contribution < -0.4 is 16.3 Å². The minimum atomic E-state index is -0.745. The number of hydrogen-bond donors (Lipinski definition) is 2. The number of carbonyl (C=O) groups is 2. The van der Waals surface area contributed by atoms with Crippen LogP contribution >= 0.6 is 11.8 Å². The van der Waals surface area contributed by atoms with E-state index in [1.807, 2.05) is 0 Å². The number of rotatable bonds is 6. The number of amides is 2. The Morgan fingerprint density at radius 1 is 1.12 bits per heavy atom. The standard InChI is InChI=1S/C24H19FN4O4S/c25-16-7-5-14(6-8-16)10-26-21(30)11-29-22(18-12-34-13-19(18)28-29)27-23(31)17-9-15-3-1-2-4-20(15)33-24(17)32/h1-9H,10-13H2,(H,26,30)(H,27,31). The van der Waals surface area contributed by atoms with E-state index in [4.69, 9.17) is 4.42 Å². The first-order chi connectivity index (χ1) is 16.5. The summed E-state index contributed by atoms with van der Waals surface area (Å²) in [5, 5.41) is 10.6. The molecule has 10 heteroatoms. The van der Waals surface area contributed by atoms with Gasteiger partial charge in [-0.1, -0.05) is 30.3 Å². The highest BCUT2D eigenvalue weighted by atomic mass is 32.2. The van der Waals surface area contributed by atoms with E-state index in [1.54, 1.807) is 48.2 Å². The lowest BCUT2D eigenvalue weighted by molar-refractivity contribution is -0.122. The van der Waals surface area contributed by atoms with Gasteiger partial charge < -0.3 is 15.1 Å². The lowest BCUT2D eigenvalue weighted by atomic mass is 10.1. The van der Waals surface area contributed by atoms with Crippen molar-refractivity contribution in [2.45, 2.75) is 24.6 Å². The second-order valence-corrected chi connectivity index (χ2v) is 8.75. The summed E-state index contributed by atoms with van der Waals surface area (Å²) in [6.45, 7) is 0.108. The van der Waals surface area contributed by atoms with Crippen molar-refractivity contribution in [2.24, 2.45) is 0 Å². The maximum atomic E-state index is 13.1.